The fourth-order valence-electron chi connectivity index (χ4n) is 3.45. The summed E-state index contributed by atoms with van der Waals surface area (Å²) in [5, 5.41) is 8.04. The molecule has 0 bridgehead atoms. The van der Waals surface area contributed by atoms with Crippen molar-refractivity contribution in [3.8, 4) is 11.4 Å². The second-order valence-electron chi connectivity index (χ2n) is 6.92. The molecule has 0 saturated carbocycles. The molecule has 1 N–H and O–H groups in total. The van der Waals surface area contributed by atoms with Gasteiger partial charge in [-0.05, 0) is 37.9 Å². The highest BCUT2D eigenvalue weighted by Gasteiger charge is 2.17. The van der Waals surface area contributed by atoms with E-state index in [1.807, 2.05) is 23.7 Å². The fourth-order valence-corrected chi connectivity index (χ4v) is 3.45. The van der Waals surface area contributed by atoms with Crippen molar-refractivity contribution >= 4 is 0 Å². The van der Waals surface area contributed by atoms with Crippen molar-refractivity contribution in [3.05, 3.63) is 63.6 Å². The zero-order valence-electron chi connectivity index (χ0n) is 15.1. The average Bonchev–Trinajstić information content (AvgIpc) is 3.25. The molecule has 0 unspecified atom stereocenters. The highest BCUT2D eigenvalue weighted by molar-refractivity contribution is 5.56. The zero-order chi connectivity index (χ0) is 18.1. The third-order valence-electron chi connectivity index (χ3n) is 4.81. The van der Waals surface area contributed by atoms with Crippen molar-refractivity contribution < 1.29 is 0 Å². The number of nitrogens with zero attached hydrogens (tertiary/aromatic N) is 5. The van der Waals surface area contributed by atoms with Gasteiger partial charge in [0.15, 0.2) is 0 Å². The molecule has 2 heterocycles. The third kappa shape index (κ3) is 3.30. The van der Waals surface area contributed by atoms with Crippen molar-refractivity contribution in [2.75, 3.05) is 7.05 Å². The summed E-state index contributed by atoms with van der Waals surface area (Å²) in [6, 6.07) is 8.18. The van der Waals surface area contributed by atoms with Gasteiger partial charge in [-0.15, -0.1) is 10.2 Å². The van der Waals surface area contributed by atoms with E-state index < -0.39 is 0 Å². The molecule has 7 nitrogen and oxygen atoms in total. The monoisotopic (exact) mass is 350 g/mol. The molecule has 3 aromatic rings. The first-order valence-electron chi connectivity index (χ1n) is 8.83. The predicted octanol–water partition coefficient (Wildman–Crippen LogP) is 1.69. The van der Waals surface area contributed by atoms with Crippen LogP contribution in [0.25, 0.3) is 11.4 Å². The van der Waals surface area contributed by atoms with Gasteiger partial charge < -0.3 is 9.55 Å². The number of aromatic amines is 1. The van der Waals surface area contributed by atoms with Crippen LogP contribution in [0.1, 0.15) is 29.1 Å². The third-order valence-corrected chi connectivity index (χ3v) is 4.81. The largest absolute Gasteiger partial charge is 0.320 e. The first-order valence-corrected chi connectivity index (χ1v) is 8.83. The van der Waals surface area contributed by atoms with Crippen LogP contribution < -0.4 is 5.56 Å². The number of hydrogen-bond donors (Lipinski definition) is 1. The first kappa shape index (κ1) is 16.7. The van der Waals surface area contributed by atoms with Crippen LogP contribution in [0, 0.1) is 0 Å². The van der Waals surface area contributed by atoms with Gasteiger partial charge in [0.2, 0.25) is 0 Å². The summed E-state index contributed by atoms with van der Waals surface area (Å²) < 4.78 is 1.92. The highest BCUT2D eigenvalue weighted by Crippen LogP contribution is 2.21. The minimum atomic E-state index is 0.00676. The second kappa shape index (κ2) is 6.84. The Bertz CT molecular complexity index is 990. The van der Waals surface area contributed by atoms with Crippen LogP contribution in [-0.4, -0.2) is 36.7 Å². The van der Waals surface area contributed by atoms with Crippen molar-refractivity contribution in [2.24, 2.45) is 7.05 Å². The molecule has 0 radical (unpaired) electrons. The van der Waals surface area contributed by atoms with Gasteiger partial charge in [0.25, 0.3) is 5.56 Å². The molecule has 4 rings (SSSR count). The van der Waals surface area contributed by atoms with E-state index in [9.17, 15) is 4.79 Å². The topological polar surface area (TPSA) is 79.7 Å². The van der Waals surface area contributed by atoms with E-state index >= 15 is 0 Å². The molecule has 1 aliphatic carbocycles. The van der Waals surface area contributed by atoms with Crippen LogP contribution >= 0.6 is 0 Å². The summed E-state index contributed by atoms with van der Waals surface area (Å²) >= 11 is 0. The molecular weight excluding hydrogens is 328 g/mol. The molecule has 0 fully saturated rings. The lowest BCUT2D eigenvalue weighted by atomic mass is 10.1. The van der Waals surface area contributed by atoms with Gasteiger partial charge in [0.1, 0.15) is 18.0 Å². The number of aromatic nitrogens is 5. The number of aryl methyl sites for hydroxylation is 2. The van der Waals surface area contributed by atoms with Crippen LogP contribution in [0.4, 0.5) is 0 Å². The van der Waals surface area contributed by atoms with Crippen LogP contribution in [0.2, 0.25) is 0 Å². The second-order valence-corrected chi connectivity index (χ2v) is 6.92. The molecule has 0 aliphatic heterocycles. The Morgan fingerprint density at radius 1 is 1.27 bits per heavy atom. The van der Waals surface area contributed by atoms with Gasteiger partial charge in [-0.3, -0.25) is 9.69 Å². The molecule has 26 heavy (non-hydrogen) atoms. The lowest BCUT2D eigenvalue weighted by Crippen LogP contribution is -2.19. The Hall–Kier alpha value is -2.80. The van der Waals surface area contributed by atoms with E-state index in [2.05, 4.69) is 44.2 Å². The molecule has 0 saturated heterocycles. The van der Waals surface area contributed by atoms with Gasteiger partial charge in [-0.25, -0.2) is 4.98 Å². The lowest BCUT2D eigenvalue weighted by Gasteiger charge is -2.16. The highest BCUT2D eigenvalue weighted by atomic mass is 16.1. The van der Waals surface area contributed by atoms with E-state index in [0.717, 1.165) is 54.0 Å². The van der Waals surface area contributed by atoms with Crippen molar-refractivity contribution in [1.82, 2.24) is 29.6 Å². The molecule has 0 atom stereocenters. The summed E-state index contributed by atoms with van der Waals surface area (Å²) in [6.45, 7) is 1.49. The standard InChI is InChI=1S/C19H22N6O/c1-24(11-17-23-20-12-25(17)2)10-13-5-3-6-14(9-13)18-21-16-8-4-7-15(16)19(26)22-18/h3,5-6,9,12H,4,7-8,10-11H2,1-2H3,(H,21,22,26). The minimum absolute atomic E-state index is 0.00676. The number of fused-ring (bicyclic) bond motifs is 1. The van der Waals surface area contributed by atoms with E-state index in [4.69, 9.17) is 0 Å². The summed E-state index contributed by atoms with van der Waals surface area (Å²) in [4.78, 5) is 22.1. The quantitative estimate of drug-likeness (QED) is 0.757. The van der Waals surface area contributed by atoms with Crippen LogP contribution in [0.15, 0.2) is 35.4 Å². The van der Waals surface area contributed by atoms with Gasteiger partial charge >= 0.3 is 0 Å². The minimum Gasteiger partial charge on any atom is -0.320 e. The van der Waals surface area contributed by atoms with Gasteiger partial charge in [-0.1, -0.05) is 18.2 Å². The number of H-pyrrole nitrogens is 1. The van der Waals surface area contributed by atoms with E-state index in [0.29, 0.717) is 12.4 Å². The van der Waals surface area contributed by atoms with Gasteiger partial charge in [0.05, 0.1) is 12.2 Å². The maximum Gasteiger partial charge on any atom is 0.254 e. The van der Waals surface area contributed by atoms with Gasteiger partial charge in [0, 0.05) is 24.7 Å². The molecule has 0 amide bonds. The van der Waals surface area contributed by atoms with Crippen molar-refractivity contribution in [3.63, 3.8) is 0 Å². The van der Waals surface area contributed by atoms with Crippen LogP contribution in [-0.2, 0) is 33.0 Å². The molecule has 0 spiro atoms. The molecule has 1 aromatic carbocycles. The van der Waals surface area contributed by atoms with Gasteiger partial charge in [-0.2, -0.15) is 0 Å². The maximum absolute atomic E-state index is 12.3. The molecule has 1 aliphatic rings. The average molecular weight is 350 g/mol. The molecular formula is C19H22N6O. The van der Waals surface area contributed by atoms with E-state index in [-0.39, 0.29) is 5.56 Å². The number of nitrogens with one attached hydrogen (secondary N) is 1. The molecule has 7 heteroatoms. The number of rotatable bonds is 5. The smallest absolute Gasteiger partial charge is 0.254 e. The Kier molecular flexibility index (Phi) is 4.38. The normalized spacial score (nSPS) is 13.3. The predicted molar refractivity (Wildman–Crippen MR) is 98.5 cm³/mol. The van der Waals surface area contributed by atoms with E-state index in [1.165, 1.54) is 0 Å². The van der Waals surface area contributed by atoms with Crippen molar-refractivity contribution in [1.29, 1.82) is 0 Å². The number of hydrogen-bond acceptors (Lipinski definition) is 5. The van der Waals surface area contributed by atoms with Crippen LogP contribution in [0.3, 0.4) is 0 Å². The molecule has 2 aromatic heterocycles. The maximum atomic E-state index is 12.3. The lowest BCUT2D eigenvalue weighted by molar-refractivity contribution is 0.306. The zero-order valence-corrected chi connectivity index (χ0v) is 15.1. The summed E-state index contributed by atoms with van der Waals surface area (Å²) in [7, 11) is 4.00. The Labute approximate surface area is 151 Å². The first-order chi connectivity index (χ1) is 12.6. The summed E-state index contributed by atoms with van der Waals surface area (Å²) in [6.07, 6.45) is 4.46. The fraction of sp³-hybridized carbons (Fsp3) is 0.368. The Morgan fingerprint density at radius 2 is 2.15 bits per heavy atom. The summed E-state index contributed by atoms with van der Waals surface area (Å²) in [5.74, 6) is 1.58. The summed E-state index contributed by atoms with van der Waals surface area (Å²) in [5.41, 5.74) is 3.92. The SMILES string of the molecule is CN(Cc1cccc(-c2nc3c(c(=O)[nH]2)CCC3)c1)Cc1nncn1C. The van der Waals surface area contributed by atoms with Crippen molar-refractivity contribution in [2.45, 2.75) is 32.4 Å². The molecule has 134 valence electrons. The van der Waals surface area contributed by atoms with E-state index in [1.54, 1.807) is 6.33 Å². The Balaban J connectivity index is 1.54. The number of benzene rings is 1. The van der Waals surface area contributed by atoms with Crippen LogP contribution in [0.5, 0.6) is 0 Å². The Morgan fingerprint density at radius 3 is 2.96 bits per heavy atom.